The summed E-state index contributed by atoms with van der Waals surface area (Å²) in [6.45, 7) is 0.871. The summed E-state index contributed by atoms with van der Waals surface area (Å²) in [6, 6.07) is 12.9. The third-order valence-corrected chi connectivity index (χ3v) is 5.32. The summed E-state index contributed by atoms with van der Waals surface area (Å²) in [5.74, 6) is 0.731. The number of methoxy groups -OCH3 is 2. The number of nitrogens with one attached hydrogen (secondary N) is 1. The molecule has 1 atom stereocenters. The van der Waals surface area contributed by atoms with Crippen molar-refractivity contribution >= 4 is 17.5 Å². The molecular formula is C20H20N2O4. The molecule has 0 aromatic heterocycles. The molecule has 6 nitrogen and oxygen atoms in total. The fourth-order valence-corrected chi connectivity index (χ4v) is 3.99. The summed E-state index contributed by atoms with van der Waals surface area (Å²) >= 11 is 0. The average molecular weight is 352 g/mol. The maximum atomic E-state index is 13.1. The second kappa shape index (κ2) is 6.05. The van der Waals surface area contributed by atoms with Gasteiger partial charge in [-0.15, -0.1) is 0 Å². The van der Waals surface area contributed by atoms with Gasteiger partial charge in [-0.05, 0) is 30.2 Å². The van der Waals surface area contributed by atoms with Gasteiger partial charge in [-0.25, -0.2) is 0 Å². The predicted octanol–water partition coefficient (Wildman–Crippen LogP) is 2.44. The van der Waals surface area contributed by atoms with E-state index in [2.05, 4.69) is 5.32 Å². The normalized spacial score (nSPS) is 20.8. The zero-order valence-corrected chi connectivity index (χ0v) is 14.7. The molecule has 2 aliphatic rings. The molecule has 2 amide bonds. The van der Waals surface area contributed by atoms with Crippen molar-refractivity contribution in [3.05, 3.63) is 53.6 Å². The lowest BCUT2D eigenvalue weighted by Gasteiger charge is -2.23. The fourth-order valence-electron chi connectivity index (χ4n) is 3.99. The molecule has 1 saturated heterocycles. The van der Waals surface area contributed by atoms with Crippen LogP contribution in [0, 0.1) is 0 Å². The average Bonchev–Trinajstić information content (AvgIpc) is 3.24. The first kappa shape index (κ1) is 16.4. The highest BCUT2D eigenvalue weighted by Crippen LogP contribution is 2.44. The molecule has 2 aromatic rings. The van der Waals surface area contributed by atoms with Crippen LogP contribution in [0.4, 0.5) is 5.69 Å². The number of nitrogens with zero attached hydrogens (tertiary/aromatic N) is 1. The number of benzene rings is 2. The Morgan fingerprint density at radius 1 is 1.12 bits per heavy atom. The van der Waals surface area contributed by atoms with Crippen LogP contribution in [0.1, 0.15) is 22.3 Å². The summed E-state index contributed by atoms with van der Waals surface area (Å²) in [5.41, 5.74) is 1.58. The number of rotatable bonds is 3. The summed E-state index contributed by atoms with van der Waals surface area (Å²) in [6.07, 6.45) is 0.605. The van der Waals surface area contributed by atoms with Crippen molar-refractivity contribution in [2.24, 2.45) is 0 Å². The lowest BCUT2D eigenvalue weighted by molar-refractivity contribution is -0.120. The van der Waals surface area contributed by atoms with Crippen LogP contribution in [-0.4, -0.2) is 44.0 Å². The quantitative estimate of drug-likeness (QED) is 0.921. The number of fused-ring (bicyclic) bond motifs is 2. The molecule has 1 N–H and O–H groups in total. The monoisotopic (exact) mass is 352 g/mol. The number of carbonyl (C=O) groups is 2. The Labute approximate surface area is 151 Å². The van der Waals surface area contributed by atoms with Crippen molar-refractivity contribution in [1.82, 2.24) is 4.90 Å². The van der Waals surface area contributed by atoms with Crippen LogP contribution in [0.5, 0.6) is 11.5 Å². The molecule has 0 radical (unpaired) electrons. The maximum Gasteiger partial charge on any atom is 0.257 e. The molecule has 26 heavy (non-hydrogen) atoms. The Kier molecular flexibility index (Phi) is 3.83. The highest BCUT2D eigenvalue weighted by Gasteiger charge is 2.52. The fraction of sp³-hybridized carbons (Fsp3) is 0.300. The number of hydrogen-bond donors (Lipinski definition) is 1. The minimum absolute atomic E-state index is 0.0355. The van der Waals surface area contributed by atoms with Gasteiger partial charge >= 0.3 is 0 Å². The van der Waals surface area contributed by atoms with Crippen molar-refractivity contribution in [1.29, 1.82) is 0 Å². The van der Waals surface area contributed by atoms with Gasteiger partial charge in [0.1, 0.15) is 0 Å². The molecule has 0 aliphatic carbocycles. The summed E-state index contributed by atoms with van der Waals surface area (Å²) < 4.78 is 10.7. The van der Waals surface area contributed by atoms with Crippen LogP contribution in [0.15, 0.2) is 42.5 Å². The van der Waals surface area contributed by atoms with Gasteiger partial charge in [0.2, 0.25) is 5.91 Å². The van der Waals surface area contributed by atoms with Crippen LogP contribution in [0.25, 0.3) is 0 Å². The van der Waals surface area contributed by atoms with E-state index in [1.165, 1.54) is 14.2 Å². The van der Waals surface area contributed by atoms with E-state index >= 15 is 0 Å². The largest absolute Gasteiger partial charge is 0.493 e. The number of amides is 2. The van der Waals surface area contributed by atoms with Crippen molar-refractivity contribution in [3.8, 4) is 11.5 Å². The standard InChI is InChI=1S/C20H20N2O4/c1-25-16-9-5-6-13(17(16)26-2)18(23)22-11-10-20(12-22)14-7-3-4-8-15(14)21-19(20)24/h3-9H,10-12H2,1-2H3,(H,21,24). The van der Waals surface area contributed by atoms with Gasteiger partial charge in [0.25, 0.3) is 5.91 Å². The van der Waals surface area contributed by atoms with Gasteiger partial charge in [-0.1, -0.05) is 24.3 Å². The van der Waals surface area contributed by atoms with Gasteiger partial charge in [-0.2, -0.15) is 0 Å². The Balaban J connectivity index is 1.66. The van der Waals surface area contributed by atoms with Gasteiger partial charge in [0, 0.05) is 18.8 Å². The van der Waals surface area contributed by atoms with E-state index in [-0.39, 0.29) is 11.8 Å². The molecule has 4 rings (SSSR count). The molecule has 0 saturated carbocycles. The third kappa shape index (κ3) is 2.25. The highest BCUT2D eigenvalue weighted by atomic mass is 16.5. The van der Waals surface area contributed by atoms with Gasteiger partial charge in [0.15, 0.2) is 11.5 Å². The maximum absolute atomic E-state index is 13.1. The number of hydrogen-bond acceptors (Lipinski definition) is 4. The van der Waals surface area contributed by atoms with Crippen LogP contribution < -0.4 is 14.8 Å². The molecule has 1 spiro atoms. The van der Waals surface area contributed by atoms with E-state index in [4.69, 9.17) is 9.47 Å². The van der Waals surface area contributed by atoms with E-state index < -0.39 is 5.41 Å². The number of anilines is 1. The first-order valence-electron chi connectivity index (χ1n) is 8.52. The van der Waals surface area contributed by atoms with Crippen LogP contribution >= 0.6 is 0 Å². The topological polar surface area (TPSA) is 67.9 Å². The zero-order valence-electron chi connectivity index (χ0n) is 14.7. The molecule has 134 valence electrons. The van der Waals surface area contributed by atoms with Gasteiger partial charge < -0.3 is 19.7 Å². The smallest absolute Gasteiger partial charge is 0.257 e. The number of carbonyl (C=O) groups excluding carboxylic acids is 2. The Morgan fingerprint density at radius 3 is 2.69 bits per heavy atom. The Bertz CT molecular complexity index is 895. The van der Waals surface area contributed by atoms with E-state index in [0.29, 0.717) is 36.6 Å². The van der Waals surface area contributed by atoms with E-state index in [1.54, 1.807) is 23.1 Å². The SMILES string of the molecule is COc1cccc(C(=O)N2CCC3(C2)C(=O)Nc2ccccc23)c1OC. The lowest BCUT2D eigenvalue weighted by atomic mass is 9.81. The first-order valence-corrected chi connectivity index (χ1v) is 8.52. The molecular weight excluding hydrogens is 332 g/mol. The second-order valence-electron chi connectivity index (χ2n) is 6.60. The number of likely N-dealkylation sites (tertiary alicyclic amines) is 1. The van der Waals surface area contributed by atoms with Crippen molar-refractivity contribution < 1.29 is 19.1 Å². The van der Waals surface area contributed by atoms with Crippen molar-refractivity contribution in [3.63, 3.8) is 0 Å². The van der Waals surface area contributed by atoms with E-state index in [9.17, 15) is 9.59 Å². The second-order valence-corrected chi connectivity index (χ2v) is 6.60. The van der Waals surface area contributed by atoms with Crippen molar-refractivity contribution in [2.75, 3.05) is 32.6 Å². The first-order chi connectivity index (χ1) is 12.6. The summed E-state index contributed by atoms with van der Waals surface area (Å²) in [7, 11) is 3.05. The molecule has 2 heterocycles. The van der Waals surface area contributed by atoms with Crippen LogP contribution in [0.3, 0.4) is 0 Å². The molecule has 2 aromatic carbocycles. The van der Waals surface area contributed by atoms with Gasteiger partial charge in [0.05, 0.1) is 25.2 Å². The van der Waals surface area contributed by atoms with Gasteiger partial charge in [-0.3, -0.25) is 9.59 Å². The van der Waals surface area contributed by atoms with E-state index in [0.717, 1.165) is 11.3 Å². The van der Waals surface area contributed by atoms with Crippen LogP contribution in [-0.2, 0) is 10.2 Å². The Morgan fingerprint density at radius 2 is 1.92 bits per heavy atom. The third-order valence-electron chi connectivity index (χ3n) is 5.32. The minimum atomic E-state index is -0.668. The van der Waals surface area contributed by atoms with Crippen molar-refractivity contribution in [2.45, 2.75) is 11.8 Å². The zero-order chi connectivity index (χ0) is 18.3. The van der Waals surface area contributed by atoms with Crippen LogP contribution in [0.2, 0.25) is 0 Å². The lowest BCUT2D eigenvalue weighted by Crippen LogP contribution is -2.39. The Hall–Kier alpha value is -3.02. The van der Waals surface area contributed by atoms with E-state index in [1.807, 2.05) is 24.3 Å². The summed E-state index contributed by atoms with van der Waals surface area (Å²) in [5, 5.41) is 2.95. The minimum Gasteiger partial charge on any atom is -0.493 e. The molecule has 1 unspecified atom stereocenters. The summed E-state index contributed by atoms with van der Waals surface area (Å²) in [4.78, 5) is 27.5. The molecule has 0 bridgehead atoms. The number of ether oxygens (including phenoxy) is 2. The molecule has 1 fully saturated rings. The molecule has 2 aliphatic heterocycles. The molecule has 6 heteroatoms. The highest BCUT2D eigenvalue weighted by molar-refractivity contribution is 6.07. The predicted molar refractivity (Wildman–Crippen MR) is 96.8 cm³/mol. The number of para-hydroxylation sites is 2.